The van der Waals surface area contributed by atoms with Gasteiger partial charge in [-0.25, -0.2) is 4.39 Å². The van der Waals surface area contributed by atoms with Crippen molar-refractivity contribution in [2.75, 3.05) is 19.7 Å². The van der Waals surface area contributed by atoms with Gasteiger partial charge in [-0.15, -0.1) is 0 Å². The zero-order valence-electron chi connectivity index (χ0n) is 11.0. The number of benzene rings is 1. The quantitative estimate of drug-likeness (QED) is 0.872. The number of hydrogen-bond acceptors (Lipinski definition) is 3. The molecule has 0 aliphatic carbocycles. The SMILES string of the molecule is CCOc1c(F)cccc1C(=O)NC1CCNCC1. The van der Waals surface area contributed by atoms with E-state index in [0.717, 1.165) is 25.9 Å². The van der Waals surface area contributed by atoms with Gasteiger partial charge in [0.1, 0.15) is 0 Å². The van der Waals surface area contributed by atoms with Gasteiger partial charge in [-0.1, -0.05) is 6.07 Å². The Labute approximate surface area is 112 Å². The van der Waals surface area contributed by atoms with Crippen LogP contribution in [-0.2, 0) is 0 Å². The van der Waals surface area contributed by atoms with E-state index < -0.39 is 5.82 Å². The lowest BCUT2D eigenvalue weighted by Crippen LogP contribution is -2.42. The van der Waals surface area contributed by atoms with E-state index in [0.29, 0.717) is 6.61 Å². The van der Waals surface area contributed by atoms with E-state index in [-0.39, 0.29) is 23.3 Å². The van der Waals surface area contributed by atoms with Crippen molar-refractivity contribution < 1.29 is 13.9 Å². The average molecular weight is 266 g/mol. The Balaban J connectivity index is 2.11. The lowest BCUT2D eigenvalue weighted by Gasteiger charge is -2.24. The number of ether oxygens (including phenoxy) is 1. The van der Waals surface area contributed by atoms with E-state index in [2.05, 4.69) is 10.6 Å². The molecular formula is C14H19FN2O2. The fourth-order valence-electron chi connectivity index (χ4n) is 2.21. The first-order chi connectivity index (χ1) is 9.22. The van der Waals surface area contributed by atoms with Crippen molar-refractivity contribution >= 4 is 5.91 Å². The summed E-state index contributed by atoms with van der Waals surface area (Å²) in [6, 6.07) is 4.55. The number of nitrogens with one attached hydrogen (secondary N) is 2. The first kappa shape index (κ1) is 13.8. The normalized spacial score (nSPS) is 16.1. The van der Waals surface area contributed by atoms with Crippen LogP contribution in [0.2, 0.25) is 0 Å². The Morgan fingerprint density at radius 3 is 2.89 bits per heavy atom. The van der Waals surface area contributed by atoms with Crippen LogP contribution in [0, 0.1) is 5.82 Å². The molecule has 0 atom stereocenters. The molecule has 1 saturated heterocycles. The van der Waals surface area contributed by atoms with Gasteiger partial charge in [0.25, 0.3) is 5.91 Å². The standard InChI is InChI=1S/C14H19FN2O2/c1-2-19-13-11(4-3-5-12(13)15)14(18)17-10-6-8-16-9-7-10/h3-5,10,16H,2,6-9H2,1H3,(H,17,18). The first-order valence-electron chi connectivity index (χ1n) is 6.65. The van der Waals surface area contributed by atoms with Crippen LogP contribution in [0.4, 0.5) is 4.39 Å². The van der Waals surface area contributed by atoms with Crippen molar-refractivity contribution in [2.24, 2.45) is 0 Å². The van der Waals surface area contributed by atoms with Gasteiger partial charge in [0.05, 0.1) is 12.2 Å². The van der Waals surface area contributed by atoms with E-state index in [1.807, 2.05) is 0 Å². The molecular weight excluding hydrogens is 247 g/mol. The molecule has 0 radical (unpaired) electrons. The molecule has 1 aromatic carbocycles. The molecule has 0 saturated carbocycles. The van der Waals surface area contributed by atoms with E-state index in [1.165, 1.54) is 12.1 Å². The molecule has 4 nitrogen and oxygen atoms in total. The summed E-state index contributed by atoms with van der Waals surface area (Å²) in [5.74, 6) is -0.730. The van der Waals surface area contributed by atoms with Gasteiger partial charge >= 0.3 is 0 Å². The minimum Gasteiger partial charge on any atom is -0.490 e. The van der Waals surface area contributed by atoms with Crippen LogP contribution in [0.5, 0.6) is 5.75 Å². The second-order valence-electron chi connectivity index (χ2n) is 4.55. The van der Waals surface area contributed by atoms with Crippen molar-refractivity contribution in [3.05, 3.63) is 29.6 Å². The summed E-state index contributed by atoms with van der Waals surface area (Å²) in [5.41, 5.74) is 0.264. The molecule has 0 bridgehead atoms. The highest BCUT2D eigenvalue weighted by Gasteiger charge is 2.20. The molecule has 1 amide bonds. The molecule has 19 heavy (non-hydrogen) atoms. The Bertz CT molecular complexity index is 445. The Morgan fingerprint density at radius 1 is 1.47 bits per heavy atom. The second kappa shape index (κ2) is 6.52. The smallest absolute Gasteiger partial charge is 0.255 e. The van der Waals surface area contributed by atoms with Crippen LogP contribution < -0.4 is 15.4 Å². The molecule has 5 heteroatoms. The van der Waals surface area contributed by atoms with Crippen LogP contribution >= 0.6 is 0 Å². The predicted octanol–water partition coefficient (Wildman–Crippen LogP) is 1.71. The van der Waals surface area contributed by atoms with Crippen molar-refractivity contribution in [2.45, 2.75) is 25.8 Å². The summed E-state index contributed by atoms with van der Waals surface area (Å²) in [6.45, 7) is 3.88. The van der Waals surface area contributed by atoms with E-state index >= 15 is 0 Å². The second-order valence-corrected chi connectivity index (χ2v) is 4.55. The number of hydrogen-bond donors (Lipinski definition) is 2. The van der Waals surface area contributed by atoms with E-state index in [9.17, 15) is 9.18 Å². The molecule has 1 fully saturated rings. The third kappa shape index (κ3) is 3.44. The molecule has 1 aliphatic rings. The molecule has 2 rings (SSSR count). The highest BCUT2D eigenvalue weighted by atomic mass is 19.1. The minimum atomic E-state index is -0.500. The highest BCUT2D eigenvalue weighted by Crippen LogP contribution is 2.23. The number of carbonyl (C=O) groups is 1. The summed E-state index contributed by atoms with van der Waals surface area (Å²) in [6.07, 6.45) is 1.79. The Kier molecular flexibility index (Phi) is 4.74. The average Bonchev–Trinajstić information content (AvgIpc) is 2.42. The zero-order chi connectivity index (χ0) is 13.7. The maximum Gasteiger partial charge on any atom is 0.255 e. The van der Waals surface area contributed by atoms with Crippen LogP contribution in [0.15, 0.2) is 18.2 Å². The maximum absolute atomic E-state index is 13.7. The summed E-state index contributed by atoms with van der Waals surface area (Å²) < 4.78 is 18.9. The van der Waals surface area contributed by atoms with Crippen LogP contribution in [0.1, 0.15) is 30.1 Å². The molecule has 1 heterocycles. The van der Waals surface area contributed by atoms with Gasteiger partial charge in [-0.05, 0) is 45.0 Å². The van der Waals surface area contributed by atoms with Gasteiger partial charge in [-0.2, -0.15) is 0 Å². The number of halogens is 1. The van der Waals surface area contributed by atoms with Crippen molar-refractivity contribution in [1.29, 1.82) is 0 Å². The number of amides is 1. The number of rotatable bonds is 4. The summed E-state index contributed by atoms with van der Waals surface area (Å²) >= 11 is 0. The predicted molar refractivity (Wildman–Crippen MR) is 70.9 cm³/mol. The first-order valence-corrected chi connectivity index (χ1v) is 6.65. The molecule has 1 aromatic rings. The van der Waals surface area contributed by atoms with Gasteiger partial charge in [0, 0.05) is 6.04 Å². The fraction of sp³-hybridized carbons (Fsp3) is 0.500. The minimum absolute atomic E-state index is 0.0384. The van der Waals surface area contributed by atoms with Crippen LogP contribution in [0.3, 0.4) is 0 Å². The van der Waals surface area contributed by atoms with Crippen molar-refractivity contribution in [3.8, 4) is 5.75 Å². The van der Waals surface area contributed by atoms with E-state index in [1.54, 1.807) is 13.0 Å². The van der Waals surface area contributed by atoms with Crippen molar-refractivity contribution in [3.63, 3.8) is 0 Å². The molecule has 0 unspecified atom stereocenters. The maximum atomic E-state index is 13.7. The van der Waals surface area contributed by atoms with Gasteiger partial charge < -0.3 is 15.4 Å². The van der Waals surface area contributed by atoms with Crippen LogP contribution in [-0.4, -0.2) is 31.6 Å². The van der Waals surface area contributed by atoms with Gasteiger partial charge in [0.2, 0.25) is 0 Å². The largest absolute Gasteiger partial charge is 0.490 e. The summed E-state index contributed by atoms with van der Waals surface area (Å²) in [5, 5.41) is 6.17. The van der Waals surface area contributed by atoms with Crippen LogP contribution in [0.25, 0.3) is 0 Å². The topological polar surface area (TPSA) is 50.4 Å². The summed E-state index contributed by atoms with van der Waals surface area (Å²) in [4.78, 5) is 12.2. The molecule has 104 valence electrons. The lowest BCUT2D eigenvalue weighted by molar-refractivity contribution is 0.0924. The third-order valence-electron chi connectivity index (χ3n) is 3.17. The Hall–Kier alpha value is -1.62. The number of para-hydroxylation sites is 1. The Morgan fingerprint density at radius 2 is 2.21 bits per heavy atom. The number of piperidine rings is 1. The molecule has 0 spiro atoms. The van der Waals surface area contributed by atoms with Gasteiger partial charge in [-0.3, -0.25) is 4.79 Å². The monoisotopic (exact) mass is 266 g/mol. The third-order valence-corrected chi connectivity index (χ3v) is 3.17. The zero-order valence-corrected chi connectivity index (χ0v) is 11.0. The lowest BCUT2D eigenvalue weighted by atomic mass is 10.1. The summed E-state index contributed by atoms with van der Waals surface area (Å²) in [7, 11) is 0. The van der Waals surface area contributed by atoms with E-state index in [4.69, 9.17) is 4.74 Å². The molecule has 1 aliphatic heterocycles. The molecule has 0 aromatic heterocycles. The molecule has 2 N–H and O–H groups in total. The van der Waals surface area contributed by atoms with Gasteiger partial charge in [0.15, 0.2) is 11.6 Å². The fourth-order valence-corrected chi connectivity index (χ4v) is 2.21. The van der Waals surface area contributed by atoms with Crippen molar-refractivity contribution in [1.82, 2.24) is 10.6 Å². The highest BCUT2D eigenvalue weighted by molar-refractivity contribution is 5.97. The number of carbonyl (C=O) groups excluding carboxylic acids is 1.